The molecule has 1 aromatic rings. The van der Waals surface area contributed by atoms with Crippen molar-refractivity contribution in [2.75, 3.05) is 20.1 Å². The Morgan fingerprint density at radius 1 is 1.50 bits per heavy atom. The van der Waals surface area contributed by atoms with Crippen molar-refractivity contribution in [1.29, 1.82) is 0 Å². The third-order valence-corrected chi connectivity index (χ3v) is 3.54. The molecule has 4 nitrogen and oxygen atoms in total. The lowest BCUT2D eigenvalue weighted by Crippen LogP contribution is -2.31. The molecule has 5 heteroatoms. The summed E-state index contributed by atoms with van der Waals surface area (Å²) in [6.07, 6.45) is 4.48. The molecule has 0 saturated carbocycles. The Balaban J connectivity index is 2.01. The smallest absolute Gasteiger partial charge is 0.0924 e. The normalized spacial score (nSPS) is 20.1. The molecule has 1 aromatic heterocycles. The summed E-state index contributed by atoms with van der Waals surface area (Å²) >= 11 is 2.32. The van der Waals surface area contributed by atoms with Crippen molar-refractivity contribution >= 4 is 22.6 Å². The molecule has 1 fully saturated rings. The molecule has 0 unspecified atom stereocenters. The van der Waals surface area contributed by atoms with Crippen LogP contribution in [0, 0.1) is 0 Å². The maximum absolute atomic E-state index is 4.18. The van der Waals surface area contributed by atoms with Gasteiger partial charge in [-0.15, -0.1) is 5.10 Å². The highest BCUT2D eigenvalue weighted by molar-refractivity contribution is 14.1. The molecule has 0 N–H and O–H groups in total. The minimum Gasteiger partial charge on any atom is -0.306 e. The maximum atomic E-state index is 4.18. The summed E-state index contributed by atoms with van der Waals surface area (Å²) in [7, 11) is 2.17. The number of halogens is 1. The van der Waals surface area contributed by atoms with Crippen molar-refractivity contribution in [3.05, 3.63) is 11.9 Å². The van der Waals surface area contributed by atoms with Crippen molar-refractivity contribution in [1.82, 2.24) is 19.9 Å². The van der Waals surface area contributed by atoms with E-state index in [1.165, 1.54) is 25.9 Å². The molecule has 14 heavy (non-hydrogen) atoms. The Kier molecular flexibility index (Phi) is 3.38. The van der Waals surface area contributed by atoms with Gasteiger partial charge >= 0.3 is 0 Å². The standard InChI is InChI=1S/C9H15IN4/c1-13-4-2-9(3-5-13)14-7-8(6-10)11-12-14/h7,9H,2-6H2,1H3. The van der Waals surface area contributed by atoms with Crippen molar-refractivity contribution in [2.24, 2.45) is 0 Å². The van der Waals surface area contributed by atoms with E-state index in [0.29, 0.717) is 6.04 Å². The Hall–Kier alpha value is -0.170. The highest BCUT2D eigenvalue weighted by Gasteiger charge is 2.19. The second-order valence-electron chi connectivity index (χ2n) is 3.86. The summed E-state index contributed by atoms with van der Waals surface area (Å²) < 4.78 is 2.99. The van der Waals surface area contributed by atoms with Gasteiger partial charge in [-0.05, 0) is 33.0 Å². The van der Waals surface area contributed by atoms with Crippen LogP contribution in [0.1, 0.15) is 24.6 Å². The van der Waals surface area contributed by atoms with E-state index < -0.39 is 0 Å². The summed E-state index contributed by atoms with van der Waals surface area (Å²) in [5, 5.41) is 8.30. The molecule has 78 valence electrons. The van der Waals surface area contributed by atoms with Crippen LogP contribution in [-0.2, 0) is 4.43 Å². The molecule has 1 aliphatic rings. The number of likely N-dealkylation sites (tertiary alicyclic amines) is 1. The number of piperidine rings is 1. The van der Waals surface area contributed by atoms with Crippen LogP contribution < -0.4 is 0 Å². The monoisotopic (exact) mass is 306 g/mol. The van der Waals surface area contributed by atoms with Gasteiger partial charge in [0.15, 0.2) is 0 Å². The average molecular weight is 306 g/mol. The van der Waals surface area contributed by atoms with Gasteiger partial charge < -0.3 is 4.90 Å². The highest BCUT2D eigenvalue weighted by Crippen LogP contribution is 2.20. The molecular weight excluding hydrogens is 291 g/mol. The molecule has 0 amide bonds. The van der Waals surface area contributed by atoms with Gasteiger partial charge in [-0.3, -0.25) is 0 Å². The molecular formula is C9H15IN4. The Labute approximate surface area is 97.8 Å². The van der Waals surface area contributed by atoms with Gasteiger partial charge in [0.05, 0.1) is 11.7 Å². The van der Waals surface area contributed by atoms with Crippen LogP contribution in [0.25, 0.3) is 0 Å². The molecule has 0 aliphatic carbocycles. The maximum Gasteiger partial charge on any atom is 0.0924 e. The van der Waals surface area contributed by atoms with Gasteiger partial charge in [0.25, 0.3) is 0 Å². The molecule has 0 atom stereocenters. The molecule has 0 radical (unpaired) electrons. The number of aromatic nitrogens is 3. The number of hydrogen-bond donors (Lipinski definition) is 0. The van der Waals surface area contributed by atoms with Crippen LogP contribution in [0.5, 0.6) is 0 Å². The van der Waals surface area contributed by atoms with Crippen molar-refractivity contribution < 1.29 is 0 Å². The van der Waals surface area contributed by atoms with E-state index >= 15 is 0 Å². The quantitative estimate of drug-likeness (QED) is 0.613. The summed E-state index contributed by atoms with van der Waals surface area (Å²) in [4.78, 5) is 2.37. The summed E-state index contributed by atoms with van der Waals surface area (Å²) in [5.41, 5.74) is 1.09. The third-order valence-electron chi connectivity index (χ3n) is 2.76. The number of rotatable bonds is 2. The average Bonchev–Trinajstić information content (AvgIpc) is 2.67. The zero-order valence-corrected chi connectivity index (χ0v) is 10.5. The third kappa shape index (κ3) is 2.25. The lowest BCUT2D eigenvalue weighted by atomic mass is 10.1. The van der Waals surface area contributed by atoms with E-state index in [1.807, 2.05) is 4.68 Å². The molecule has 2 heterocycles. The van der Waals surface area contributed by atoms with Crippen molar-refractivity contribution in [3.8, 4) is 0 Å². The summed E-state index contributed by atoms with van der Waals surface area (Å²) in [5.74, 6) is 0. The molecule has 0 spiro atoms. The van der Waals surface area contributed by atoms with Gasteiger partial charge in [-0.1, -0.05) is 27.8 Å². The minimum absolute atomic E-state index is 0.565. The van der Waals surface area contributed by atoms with Crippen LogP contribution in [-0.4, -0.2) is 40.0 Å². The number of hydrogen-bond acceptors (Lipinski definition) is 3. The predicted octanol–water partition coefficient (Wildman–Crippen LogP) is 1.48. The van der Waals surface area contributed by atoms with E-state index in [4.69, 9.17) is 0 Å². The van der Waals surface area contributed by atoms with Crippen LogP contribution in [0.15, 0.2) is 6.20 Å². The van der Waals surface area contributed by atoms with Crippen LogP contribution in [0.2, 0.25) is 0 Å². The van der Waals surface area contributed by atoms with E-state index in [1.54, 1.807) is 0 Å². The van der Waals surface area contributed by atoms with E-state index in [-0.39, 0.29) is 0 Å². The van der Waals surface area contributed by atoms with Crippen molar-refractivity contribution in [2.45, 2.75) is 23.3 Å². The fourth-order valence-corrected chi connectivity index (χ4v) is 2.16. The second-order valence-corrected chi connectivity index (χ2v) is 4.62. The first-order valence-corrected chi connectivity index (χ1v) is 6.47. The fraction of sp³-hybridized carbons (Fsp3) is 0.778. The van der Waals surface area contributed by atoms with Gasteiger partial charge in [0.2, 0.25) is 0 Å². The first-order valence-electron chi connectivity index (χ1n) is 4.95. The predicted molar refractivity (Wildman–Crippen MR) is 63.5 cm³/mol. The van der Waals surface area contributed by atoms with Crippen LogP contribution in [0.3, 0.4) is 0 Å². The van der Waals surface area contributed by atoms with Gasteiger partial charge in [-0.2, -0.15) is 0 Å². The molecule has 0 aromatic carbocycles. The zero-order valence-electron chi connectivity index (χ0n) is 8.36. The molecule has 1 saturated heterocycles. The fourth-order valence-electron chi connectivity index (χ4n) is 1.81. The number of alkyl halides is 1. The topological polar surface area (TPSA) is 34.0 Å². The summed E-state index contributed by atoms with van der Waals surface area (Å²) in [6, 6.07) is 0.565. The SMILES string of the molecule is CN1CCC(n2cc(CI)nn2)CC1. The largest absolute Gasteiger partial charge is 0.306 e. The minimum atomic E-state index is 0.565. The lowest BCUT2D eigenvalue weighted by molar-refractivity contribution is 0.210. The second kappa shape index (κ2) is 4.57. The molecule has 1 aliphatic heterocycles. The van der Waals surface area contributed by atoms with E-state index in [0.717, 1.165) is 10.1 Å². The molecule has 0 bridgehead atoms. The van der Waals surface area contributed by atoms with E-state index in [2.05, 4.69) is 51.0 Å². The van der Waals surface area contributed by atoms with Crippen LogP contribution in [0.4, 0.5) is 0 Å². The van der Waals surface area contributed by atoms with Gasteiger partial charge in [0, 0.05) is 10.6 Å². The highest BCUT2D eigenvalue weighted by atomic mass is 127. The first kappa shape index (κ1) is 10.4. The Bertz CT molecular complexity index is 291. The summed E-state index contributed by atoms with van der Waals surface area (Å²) in [6.45, 7) is 2.34. The number of nitrogens with zero attached hydrogens (tertiary/aromatic N) is 4. The zero-order chi connectivity index (χ0) is 9.97. The van der Waals surface area contributed by atoms with E-state index in [9.17, 15) is 0 Å². The Morgan fingerprint density at radius 3 is 2.79 bits per heavy atom. The molecule has 2 rings (SSSR count). The van der Waals surface area contributed by atoms with Gasteiger partial charge in [-0.25, -0.2) is 4.68 Å². The Morgan fingerprint density at radius 2 is 2.21 bits per heavy atom. The van der Waals surface area contributed by atoms with Crippen molar-refractivity contribution in [3.63, 3.8) is 0 Å². The first-order chi connectivity index (χ1) is 6.79. The lowest BCUT2D eigenvalue weighted by Gasteiger charge is -2.28. The van der Waals surface area contributed by atoms with Crippen LogP contribution >= 0.6 is 22.6 Å². The van der Waals surface area contributed by atoms with Gasteiger partial charge in [0.1, 0.15) is 0 Å².